The van der Waals surface area contributed by atoms with Gasteiger partial charge in [-0.2, -0.15) is 0 Å². The number of hydrogen-bond acceptors (Lipinski definition) is 2. The number of aryl methyl sites for hydroxylation is 1. The van der Waals surface area contributed by atoms with Gasteiger partial charge in [0.1, 0.15) is 0 Å². The molecular formula is C12H17LiN2O. The van der Waals surface area contributed by atoms with Crippen LogP contribution in [0.5, 0.6) is 0 Å². The Bertz CT molecular complexity index is 351. The Hall–Kier alpha value is -0.913. The van der Waals surface area contributed by atoms with E-state index >= 15 is 0 Å². The Morgan fingerprint density at radius 3 is 2.50 bits per heavy atom. The SMILES string of the molecule is Cc1ccccc1CCN=C([O-])N(C)C.[Li+]. The van der Waals surface area contributed by atoms with Crippen molar-refractivity contribution in [1.82, 2.24) is 4.90 Å². The second-order valence-electron chi connectivity index (χ2n) is 3.74. The van der Waals surface area contributed by atoms with E-state index in [-0.39, 0.29) is 24.9 Å². The van der Waals surface area contributed by atoms with E-state index in [0.717, 1.165) is 6.42 Å². The largest absolute Gasteiger partial charge is 1.00 e. The fraction of sp³-hybridized carbons (Fsp3) is 0.417. The first kappa shape index (κ1) is 15.1. The topological polar surface area (TPSA) is 38.7 Å². The molecule has 0 aliphatic rings. The number of benzene rings is 1. The van der Waals surface area contributed by atoms with Crippen LogP contribution in [-0.4, -0.2) is 31.6 Å². The summed E-state index contributed by atoms with van der Waals surface area (Å²) in [6.07, 6.45) is 0.826. The van der Waals surface area contributed by atoms with Crippen molar-refractivity contribution in [3.63, 3.8) is 0 Å². The van der Waals surface area contributed by atoms with Crippen LogP contribution in [0.1, 0.15) is 11.1 Å². The smallest absolute Gasteiger partial charge is 0.846 e. The molecule has 16 heavy (non-hydrogen) atoms. The van der Waals surface area contributed by atoms with Gasteiger partial charge < -0.3 is 10.0 Å². The minimum Gasteiger partial charge on any atom is -0.846 e. The Morgan fingerprint density at radius 1 is 1.31 bits per heavy atom. The molecule has 0 heterocycles. The molecule has 0 unspecified atom stereocenters. The van der Waals surface area contributed by atoms with Crippen molar-refractivity contribution in [2.75, 3.05) is 20.6 Å². The molecule has 0 aromatic heterocycles. The standard InChI is InChI=1S/C12H18N2O.Li/c1-10-6-4-5-7-11(10)8-9-13-12(15)14(2)3;/h4-7H,8-9H2,1-3H3,(H,13,15);/q;+1/p-1. The van der Waals surface area contributed by atoms with E-state index in [2.05, 4.69) is 24.0 Å². The molecule has 0 saturated heterocycles. The van der Waals surface area contributed by atoms with Crippen molar-refractivity contribution in [2.24, 2.45) is 4.99 Å². The fourth-order valence-corrected chi connectivity index (χ4v) is 1.30. The number of nitrogens with zero attached hydrogens (tertiary/aromatic N) is 2. The molecule has 0 aliphatic heterocycles. The van der Waals surface area contributed by atoms with Gasteiger partial charge in [0.25, 0.3) is 0 Å². The first-order chi connectivity index (χ1) is 7.11. The zero-order valence-corrected chi connectivity index (χ0v) is 10.5. The minimum absolute atomic E-state index is 0. The van der Waals surface area contributed by atoms with Gasteiger partial charge in [-0.15, -0.1) is 0 Å². The van der Waals surface area contributed by atoms with Gasteiger partial charge in [-0.1, -0.05) is 24.3 Å². The van der Waals surface area contributed by atoms with E-state index in [1.54, 1.807) is 14.1 Å². The summed E-state index contributed by atoms with van der Waals surface area (Å²) < 4.78 is 0. The third-order valence-electron chi connectivity index (χ3n) is 2.27. The summed E-state index contributed by atoms with van der Waals surface area (Å²) in [5.41, 5.74) is 2.51. The fourth-order valence-electron chi connectivity index (χ4n) is 1.30. The van der Waals surface area contributed by atoms with E-state index in [0.29, 0.717) is 6.54 Å². The molecule has 0 N–H and O–H groups in total. The predicted molar refractivity (Wildman–Crippen MR) is 60.9 cm³/mol. The quantitative estimate of drug-likeness (QED) is 0.324. The van der Waals surface area contributed by atoms with Crippen LogP contribution >= 0.6 is 0 Å². The summed E-state index contributed by atoms with van der Waals surface area (Å²) in [6, 6.07) is 8.01. The molecule has 4 heteroatoms. The van der Waals surface area contributed by atoms with Gasteiger partial charge in [0.2, 0.25) is 0 Å². The summed E-state index contributed by atoms with van der Waals surface area (Å²) in [7, 11) is 3.42. The Morgan fingerprint density at radius 2 is 1.94 bits per heavy atom. The molecule has 0 saturated carbocycles. The summed E-state index contributed by atoms with van der Waals surface area (Å²) in [4.78, 5) is 5.43. The molecule has 0 aliphatic carbocycles. The van der Waals surface area contributed by atoms with Crippen LogP contribution in [0.25, 0.3) is 0 Å². The molecule has 1 aromatic carbocycles. The van der Waals surface area contributed by atoms with E-state index in [1.807, 2.05) is 12.1 Å². The van der Waals surface area contributed by atoms with Crippen LogP contribution < -0.4 is 24.0 Å². The molecule has 82 valence electrons. The van der Waals surface area contributed by atoms with Crippen LogP contribution in [0, 0.1) is 6.92 Å². The molecule has 3 nitrogen and oxygen atoms in total. The maximum atomic E-state index is 11.2. The molecule has 0 radical (unpaired) electrons. The van der Waals surface area contributed by atoms with Crippen molar-refractivity contribution in [3.8, 4) is 0 Å². The maximum absolute atomic E-state index is 11.2. The third-order valence-corrected chi connectivity index (χ3v) is 2.27. The number of hydrogen-bond donors (Lipinski definition) is 0. The number of amidine groups is 1. The van der Waals surface area contributed by atoms with Crippen LogP contribution in [0.15, 0.2) is 29.3 Å². The monoisotopic (exact) mass is 212 g/mol. The van der Waals surface area contributed by atoms with Gasteiger partial charge >= 0.3 is 18.9 Å². The molecule has 1 rings (SSSR count). The van der Waals surface area contributed by atoms with Gasteiger partial charge in [-0.3, -0.25) is 4.99 Å². The minimum atomic E-state index is -0.163. The summed E-state index contributed by atoms with van der Waals surface area (Å²) >= 11 is 0. The Kier molecular flexibility index (Phi) is 6.95. The van der Waals surface area contributed by atoms with Crippen molar-refractivity contribution in [2.45, 2.75) is 13.3 Å². The van der Waals surface area contributed by atoms with Crippen LogP contribution in [-0.2, 0) is 6.42 Å². The van der Waals surface area contributed by atoms with Crippen LogP contribution in [0.4, 0.5) is 0 Å². The summed E-state index contributed by atoms with van der Waals surface area (Å²) in [5.74, 6) is 0. The van der Waals surface area contributed by atoms with Crippen LogP contribution in [0.3, 0.4) is 0 Å². The van der Waals surface area contributed by atoms with E-state index < -0.39 is 0 Å². The summed E-state index contributed by atoms with van der Waals surface area (Å²) in [6.45, 7) is 2.63. The number of rotatable bonds is 3. The first-order valence-corrected chi connectivity index (χ1v) is 5.04. The average molecular weight is 212 g/mol. The normalized spacial score (nSPS) is 10.8. The van der Waals surface area contributed by atoms with Gasteiger partial charge in [0.05, 0.1) is 0 Å². The molecule has 0 atom stereocenters. The molecule has 0 bridgehead atoms. The van der Waals surface area contributed by atoms with Gasteiger partial charge in [-0.05, 0) is 24.5 Å². The second-order valence-corrected chi connectivity index (χ2v) is 3.74. The van der Waals surface area contributed by atoms with Gasteiger partial charge in [-0.25, -0.2) is 0 Å². The Labute approximate surface area is 109 Å². The van der Waals surface area contributed by atoms with Crippen molar-refractivity contribution >= 4 is 6.02 Å². The van der Waals surface area contributed by atoms with Crippen molar-refractivity contribution < 1.29 is 24.0 Å². The van der Waals surface area contributed by atoms with E-state index in [9.17, 15) is 5.11 Å². The maximum Gasteiger partial charge on any atom is 1.00 e. The molecule has 0 amide bonds. The van der Waals surface area contributed by atoms with Crippen molar-refractivity contribution in [3.05, 3.63) is 35.4 Å². The van der Waals surface area contributed by atoms with Gasteiger partial charge in [0.15, 0.2) is 0 Å². The third kappa shape index (κ3) is 4.74. The summed E-state index contributed by atoms with van der Waals surface area (Å²) in [5, 5.41) is 11.2. The first-order valence-electron chi connectivity index (χ1n) is 5.04. The predicted octanol–water partition coefficient (Wildman–Crippen LogP) is -2.18. The molecule has 0 fully saturated rings. The molecule has 1 aromatic rings. The van der Waals surface area contributed by atoms with E-state index in [1.165, 1.54) is 16.0 Å². The van der Waals surface area contributed by atoms with E-state index in [4.69, 9.17) is 0 Å². The van der Waals surface area contributed by atoms with Gasteiger partial charge in [0, 0.05) is 26.7 Å². The number of aliphatic imine (C=N–C) groups is 1. The molecule has 0 spiro atoms. The van der Waals surface area contributed by atoms with Crippen LogP contribution in [0.2, 0.25) is 0 Å². The second kappa shape index (κ2) is 7.38. The average Bonchev–Trinajstić information content (AvgIpc) is 2.20. The zero-order chi connectivity index (χ0) is 11.3. The Balaban J connectivity index is 0.00000225. The zero-order valence-electron chi connectivity index (χ0n) is 10.5. The molecular weight excluding hydrogens is 195 g/mol. The van der Waals surface area contributed by atoms with Crippen molar-refractivity contribution in [1.29, 1.82) is 0 Å².